The molecule has 9 rings (SSSR count). The van der Waals surface area contributed by atoms with E-state index < -0.39 is 11.7 Å². The standard InChI is InChI=1S/C31H28ClFN4O4.C21H14ClFIN3O/c1-31(2,3)41-30(38)34-16-23-9-12-27(40-23)20-7-10-26-24(14-20)29(36-18-35-26)37-22-8-11-28(25(32)15-22)39-17-19-5-4-6-21(33)13-19;22-18-10-16(5-7-20(18)28-11-13-2-1-3-14(23)8-13)27-21-17-9-15(24)4-6-19(17)25-12-26-21/h4-15,18H,16-17H2,1-3H3,(H,34,38)(H,35,36,37);1-10,12H,11H2,(H,25,26,27). The number of rotatable bonds is 13. The lowest BCUT2D eigenvalue weighted by molar-refractivity contribution is 0.0520. The highest BCUT2D eigenvalue weighted by atomic mass is 127. The molecule has 69 heavy (non-hydrogen) atoms. The topological polar surface area (TPSA) is 146 Å². The SMILES string of the molecule is CC(C)(C)OC(=O)NCc1ccc(-c2ccc3ncnc(Nc4ccc(OCc5cccc(F)c5)c(Cl)c4)c3c2)o1.Fc1cccc(COc2ccc(Nc3ncnc4ccc(I)cc34)cc2Cl)c1. The molecule has 0 spiro atoms. The summed E-state index contributed by atoms with van der Waals surface area (Å²) >= 11 is 15.1. The van der Waals surface area contributed by atoms with Crippen LogP contribution in [0, 0.1) is 15.2 Å². The third-order valence-corrected chi connectivity index (χ3v) is 11.2. The molecule has 1 amide bonds. The molecular formula is C52H42Cl2F2IN7O5. The summed E-state index contributed by atoms with van der Waals surface area (Å²) in [6.07, 6.45) is 2.49. The average Bonchev–Trinajstić information content (AvgIpc) is 3.80. The molecule has 350 valence electrons. The first kappa shape index (κ1) is 48.4. The molecule has 3 N–H and O–H groups in total. The molecule has 0 saturated heterocycles. The first-order valence-electron chi connectivity index (χ1n) is 21.3. The lowest BCUT2D eigenvalue weighted by Crippen LogP contribution is -2.32. The molecule has 0 aliphatic carbocycles. The van der Waals surface area contributed by atoms with E-state index in [0.29, 0.717) is 56.0 Å². The zero-order chi connectivity index (χ0) is 48.5. The number of benzene rings is 6. The van der Waals surface area contributed by atoms with Gasteiger partial charge < -0.3 is 34.6 Å². The van der Waals surface area contributed by atoms with E-state index in [-0.39, 0.29) is 31.4 Å². The Morgan fingerprint density at radius 3 is 1.74 bits per heavy atom. The van der Waals surface area contributed by atoms with Crippen molar-refractivity contribution in [3.05, 3.63) is 188 Å². The van der Waals surface area contributed by atoms with Crippen molar-refractivity contribution in [1.29, 1.82) is 0 Å². The summed E-state index contributed by atoms with van der Waals surface area (Å²) in [7, 11) is 0. The summed E-state index contributed by atoms with van der Waals surface area (Å²) in [5, 5.41) is 11.8. The van der Waals surface area contributed by atoms with Gasteiger partial charge in [0.25, 0.3) is 0 Å². The minimum absolute atomic E-state index is 0.190. The van der Waals surface area contributed by atoms with Crippen molar-refractivity contribution in [3.63, 3.8) is 0 Å². The van der Waals surface area contributed by atoms with Crippen LogP contribution in [0.5, 0.6) is 11.5 Å². The Morgan fingerprint density at radius 2 is 1.20 bits per heavy atom. The molecule has 0 atom stereocenters. The van der Waals surface area contributed by atoms with Crippen LogP contribution in [-0.4, -0.2) is 31.6 Å². The van der Waals surface area contributed by atoms with Gasteiger partial charge in [0.05, 0.1) is 27.6 Å². The predicted octanol–water partition coefficient (Wildman–Crippen LogP) is 14.4. The molecule has 0 bridgehead atoms. The molecule has 3 aromatic heterocycles. The van der Waals surface area contributed by atoms with Gasteiger partial charge in [0.15, 0.2) is 0 Å². The number of furan rings is 1. The summed E-state index contributed by atoms with van der Waals surface area (Å²) in [6, 6.07) is 38.5. The summed E-state index contributed by atoms with van der Waals surface area (Å²) in [5.41, 5.74) is 4.76. The first-order valence-corrected chi connectivity index (χ1v) is 23.1. The van der Waals surface area contributed by atoms with Crippen molar-refractivity contribution in [2.75, 3.05) is 10.6 Å². The van der Waals surface area contributed by atoms with Crippen LogP contribution in [0.4, 0.5) is 36.6 Å². The Balaban J connectivity index is 0.000000200. The van der Waals surface area contributed by atoms with Gasteiger partial charge in [0.2, 0.25) is 0 Å². The summed E-state index contributed by atoms with van der Waals surface area (Å²) in [6.45, 7) is 6.04. The third kappa shape index (κ3) is 13.3. The molecule has 12 nitrogen and oxygen atoms in total. The minimum atomic E-state index is -0.581. The number of nitrogens with zero attached hydrogens (tertiary/aromatic N) is 4. The Morgan fingerprint density at radius 1 is 0.652 bits per heavy atom. The van der Waals surface area contributed by atoms with Gasteiger partial charge in [0.1, 0.15) is 77.8 Å². The molecule has 9 aromatic rings. The summed E-state index contributed by atoms with van der Waals surface area (Å²) in [5.74, 6) is 2.89. The van der Waals surface area contributed by atoms with E-state index in [2.05, 4.69) is 58.5 Å². The second-order valence-corrected chi connectivity index (χ2v) is 18.4. The Labute approximate surface area is 419 Å². The van der Waals surface area contributed by atoms with Crippen molar-refractivity contribution < 1.29 is 32.2 Å². The molecule has 0 unspecified atom stereocenters. The van der Waals surface area contributed by atoms with E-state index in [0.717, 1.165) is 42.2 Å². The van der Waals surface area contributed by atoms with Crippen molar-refractivity contribution in [2.45, 2.75) is 46.1 Å². The third-order valence-electron chi connectivity index (χ3n) is 9.94. The molecule has 0 radical (unpaired) electrons. The van der Waals surface area contributed by atoms with Gasteiger partial charge in [0, 0.05) is 31.3 Å². The number of nitrogens with one attached hydrogen (secondary N) is 3. The largest absolute Gasteiger partial charge is 0.487 e. The Kier molecular flexibility index (Phi) is 15.4. The van der Waals surface area contributed by atoms with Gasteiger partial charge in [-0.25, -0.2) is 33.5 Å². The van der Waals surface area contributed by atoms with Gasteiger partial charge in [-0.05, 0) is 164 Å². The average molecular weight is 1080 g/mol. The van der Waals surface area contributed by atoms with Crippen LogP contribution >= 0.6 is 45.8 Å². The van der Waals surface area contributed by atoms with E-state index in [9.17, 15) is 13.6 Å². The van der Waals surface area contributed by atoms with E-state index >= 15 is 0 Å². The van der Waals surface area contributed by atoms with Crippen LogP contribution in [-0.2, 0) is 24.5 Å². The normalized spacial score (nSPS) is 11.1. The fraction of sp³-hybridized carbons (Fsp3) is 0.135. The quantitative estimate of drug-likeness (QED) is 0.0949. The highest BCUT2D eigenvalue weighted by molar-refractivity contribution is 14.1. The fourth-order valence-electron chi connectivity index (χ4n) is 6.78. The molecule has 6 aromatic carbocycles. The van der Waals surface area contributed by atoms with Crippen LogP contribution in [0.25, 0.3) is 33.1 Å². The minimum Gasteiger partial charge on any atom is -0.487 e. The maximum absolute atomic E-state index is 13.4. The summed E-state index contributed by atoms with van der Waals surface area (Å²) in [4.78, 5) is 29.4. The molecule has 17 heteroatoms. The lowest BCUT2D eigenvalue weighted by Gasteiger charge is -2.19. The monoisotopic (exact) mass is 1080 g/mol. The highest BCUT2D eigenvalue weighted by Gasteiger charge is 2.17. The van der Waals surface area contributed by atoms with Crippen LogP contribution in [0.15, 0.2) is 151 Å². The number of carbonyl (C=O) groups excluding carboxylic acids is 1. The summed E-state index contributed by atoms with van der Waals surface area (Å²) < 4.78 is 50.5. The van der Waals surface area contributed by atoms with Gasteiger partial charge in [-0.3, -0.25) is 0 Å². The second-order valence-electron chi connectivity index (χ2n) is 16.3. The number of carbonyl (C=O) groups is 1. The number of fused-ring (bicyclic) bond motifs is 2. The molecule has 0 saturated carbocycles. The molecular weight excluding hydrogens is 1040 g/mol. The van der Waals surface area contributed by atoms with Crippen molar-refractivity contribution in [1.82, 2.24) is 25.3 Å². The van der Waals surface area contributed by atoms with E-state index in [1.807, 2.05) is 54.6 Å². The number of ether oxygens (including phenoxy) is 3. The van der Waals surface area contributed by atoms with Crippen LogP contribution in [0.3, 0.4) is 0 Å². The molecule has 0 aliphatic rings. The number of halogens is 5. The predicted molar refractivity (Wildman–Crippen MR) is 274 cm³/mol. The van der Waals surface area contributed by atoms with Gasteiger partial charge in [-0.15, -0.1) is 0 Å². The maximum Gasteiger partial charge on any atom is 0.408 e. The molecule has 0 fully saturated rings. The van der Waals surface area contributed by atoms with Gasteiger partial charge in [-0.2, -0.15) is 0 Å². The van der Waals surface area contributed by atoms with Crippen molar-refractivity contribution >= 4 is 96.7 Å². The van der Waals surface area contributed by atoms with E-state index in [1.165, 1.54) is 36.9 Å². The van der Waals surface area contributed by atoms with Gasteiger partial charge >= 0.3 is 6.09 Å². The van der Waals surface area contributed by atoms with E-state index in [4.69, 9.17) is 41.8 Å². The fourth-order valence-corrected chi connectivity index (χ4v) is 7.74. The van der Waals surface area contributed by atoms with Crippen molar-refractivity contribution in [3.8, 4) is 22.8 Å². The zero-order valence-electron chi connectivity index (χ0n) is 37.2. The number of hydrogen-bond donors (Lipinski definition) is 3. The highest BCUT2D eigenvalue weighted by Crippen LogP contribution is 2.34. The second kappa shape index (κ2) is 21.9. The number of hydrogen-bond acceptors (Lipinski definition) is 11. The first-order chi connectivity index (χ1) is 33.2. The number of amides is 1. The van der Waals surface area contributed by atoms with E-state index in [1.54, 1.807) is 75.4 Å². The smallest absolute Gasteiger partial charge is 0.408 e. The van der Waals surface area contributed by atoms with Crippen molar-refractivity contribution in [2.24, 2.45) is 0 Å². The zero-order valence-corrected chi connectivity index (χ0v) is 40.9. The van der Waals surface area contributed by atoms with Crippen LogP contribution < -0.4 is 25.4 Å². The Bertz CT molecular complexity index is 3280. The molecule has 0 aliphatic heterocycles. The number of aromatic nitrogens is 4. The van der Waals surface area contributed by atoms with Crippen LogP contribution in [0.1, 0.15) is 37.7 Å². The van der Waals surface area contributed by atoms with Gasteiger partial charge in [-0.1, -0.05) is 47.5 Å². The van der Waals surface area contributed by atoms with Crippen LogP contribution in [0.2, 0.25) is 10.0 Å². The maximum atomic E-state index is 13.4. The number of alkyl carbamates (subject to hydrolysis) is 1. The number of anilines is 4. The lowest BCUT2D eigenvalue weighted by atomic mass is 10.1. The Hall–Kier alpha value is -7.08. The molecule has 3 heterocycles.